The fraction of sp³-hybridized carbons (Fsp3) is 0.263. The number of hydrogen-bond acceptors (Lipinski definition) is 4. The third-order valence-corrected chi connectivity index (χ3v) is 4.94. The summed E-state index contributed by atoms with van der Waals surface area (Å²) in [6.45, 7) is 3.67. The van der Waals surface area contributed by atoms with Gasteiger partial charge in [0.05, 0.1) is 31.3 Å². The van der Waals surface area contributed by atoms with Crippen LogP contribution in [-0.2, 0) is 9.53 Å². The van der Waals surface area contributed by atoms with Gasteiger partial charge in [-0.2, -0.15) is 0 Å². The number of nitrogens with zero attached hydrogens (tertiary/aromatic N) is 3. The summed E-state index contributed by atoms with van der Waals surface area (Å²) in [5.74, 6) is -0.0457. The standard InChI is InChI=1S/C19H18BrN3O2/c20-14-5-7-15(8-6-14)21-18-16-3-1-2-4-17(16)23(19(18)24)13-22-9-11-25-12-10-22/h1-8H,9-13H2. The van der Waals surface area contributed by atoms with E-state index in [9.17, 15) is 4.79 Å². The van der Waals surface area contributed by atoms with Crippen molar-refractivity contribution in [1.29, 1.82) is 0 Å². The highest BCUT2D eigenvalue weighted by atomic mass is 79.9. The molecule has 0 unspecified atom stereocenters. The highest BCUT2D eigenvalue weighted by Crippen LogP contribution is 2.31. The molecule has 0 aromatic heterocycles. The Kier molecular flexibility index (Phi) is 4.65. The molecule has 0 radical (unpaired) electrons. The maximum absolute atomic E-state index is 13.0. The first kappa shape index (κ1) is 16.4. The van der Waals surface area contributed by atoms with Gasteiger partial charge in [0.15, 0.2) is 0 Å². The van der Waals surface area contributed by atoms with Crippen molar-refractivity contribution in [2.24, 2.45) is 4.99 Å². The predicted octanol–water partition coefficient (Wildman–Crippen LogP) is 3.21. The number of ether oxygens (including phenoxy) is 1. The summed E-state index contributed by atoms with van der Waals surface area (Å²) in [4.78, 5) is 21.7. The summed E-state index contributed by atoms with van der Waals surface area (Å²) < 4.78 is 6.39. The molecule has 0 spiro atoms. The molecule has 2 aliphatic heterocycles. The largest absolute Gasteiger partial charge is 0.379 e. The lowest BCUT2D eigenvalue weighted by atomic mass is 10.1. The second kappa shape index (κ2) is 7.07. The van der Waals surface area contributed by atoms with E-state index in [1.54, 1.807) is 0 Å². The van der Waals surface area contributed by atoms with Crippen LogP contribution in [0.25, 0.3) is 0 Å². The number of hydrogen-bond donors (Lipinski definition) is 0. The molecule has 4 rings (SSSR count). The molecule has 0 bridgehead atoms. The molecule has 1 amide bonds. The van der Waals surface area contributed by atoms with Gasteiger partial charge < -0.3 is 4.74 Å². The van der Waals surface area contributed by atoms with Gasteiger partial charge in [-0.25, -0.2) is 4.99 Å². The van der Waals surface area contributed by atoms with E-state index in [0.717, 1.165) is 34.5 Å². The first-order valence-corrected chi connectivity index (χ1v) is 9.07. The summed E-state index contributed by atoms with van der Waals surface area (Å²) in [5.41, 5.74) is 3.10. The molecule has 128 valence electrons. The van der Waals surface area contributed by atoms with Crippen LogP contribution in [-0.4, -0.2) is 49.5 Å². The van der Waals surface area contributed by atoms with Crippen molar-refractivity contribution in [2.75, 3.05) is 37.9 Å². The molecule has 0 atom stereocenters. The van der Waals surface area contributed by atoms with Gasteiger partial charge in [0.1, 0.15) is 5.71 Å². The smallest absolute Gasteiger partial charge is 0.278 e. The Morgan fingerprint density at radius 3 is 2.52 bits per heavy atom. The number of carbonyl (C=O) groups is 1. The van der Waals surface area contributed by atoms with Crippen LogP contribution in [0.3, 0.4) is 0 Å². The maximum atomic E-state index is 13.0. The first-order chi connectivity index (χ1) is 12.2. The van der Waals surface area contributed by atoms with Crippen LogP contribution in [0.2, 0.25) is 0 Å². The van der Waals surface area contributed by atoms with Crippen molar-refractivity contribution in [3.8, 4) is 0 Å². The van der Waals surface area contributed by atoms with Gasteiger partial charge in [0.25, 0.3) is 5.91 Å². The number of aliphatic imine (C=N–C) groups is 1. The lowest BCUT2D eigenvalue weighted by molar-refractivity contribution is -0.112. The van der Waals surface area contributed by atoms with Crippen molar-refractivity contribution in [3.05, 3.63) is 58.6 Å². The zero-order chi connectivity index (χ0) is 17.2. The van der Waals surface area contributed by atoms with E-state index < -0.39 is 0 Å². The number of amides is 1. The number of rotatable bonds is 3. The molecule has 0 N–H and O–H groups in total. The summed E-state index contributed by atoms with van der Waals surface area (Å²) in [5, 5.41) is 0. The number of morpholine rings is 1. The van der Waals surface area contributed by atoms with E-state index in [0.29, 0.717) is 25.6 Å². The second-order valence-electron chi connectivity index (χ2n) is 6.06. The first-order valence-electron chi connectivity index (χ1n) is 8.28. The number of para-hydroxylation sites is 1. The number of fused-ring (bicyclic) bond motifs is 1. The Labute approximate surface area is 155 Å². The molecule has 25 heavy (non-hydrogen) atoms. The topological polar surface area (TPSA) is 45.1 Å². The summed E-state index contributed by atoms with van der Waals surface area (Å²) >= 11 is 3.42. The van der Waals surface area contributed by atoms with Gasteiger partial charge in [-0.05, 0) is 30.3 Å². The van der Waals surface area contributed by atoms with Gasteiger partial charge in [0.2, 0.25) is 0 Å². The van der Waals surface area contributed by atoms with E-state index in [1.165, 1.54) is 0 Å². The fourth-order valence-corrected chi connectivity index (χ4v) is 3.36. The molecule has 0 aliphatic carbocycles. The van der Waals surface area contributed by atoms with Gasteiger partial charge in [-0.1, -0.05) is 34.1 Å². The van der Waals surface area contributed by atoms with Gasteiger partial charge in [-0.3, -0.25) is 14.6 Å². The van der Waals surface area contributed by atoms with Crippen LogP contribution in [0.5, 0.6) is 0 Å². The average molecular weight is 400 g/mol. The quantitative estimate of drug-likeness (QED) is 0.795. The summed E-state index contributed by atoms with van der Waals surface area (Å²) in [7, 11) is 0. The second-order valence-corrected chi connectivity index (χ2v) is 6.97. The minimum Gasteiger partial charge on any atom is -0.379 e. The Morgan fingerprint density at radius 2 is 1.76 bits per heavy atom. The summed E-state index contributed by atoms with van der Waals surface area (Å²) in [6, 6.07) is 15.5. The third-order valence-electron chi connectivity index (χ3n) is 4.41. The number of anilines is 1. The van der Waals surface area contributed by atoms with Crippen LogP contribution >= 0.6 is 15.9 Å². The molecule has 1 fully saturated rings. The van der Waals surface area contributed by atoms with E-state index in [1.807, 2.05) is 53.4 Å². The molecule has 2 aromatic carbocycles. The zero-order valence-electron chi connectivity index (χ0n) is 13.7. The van der Waals surface area contributed by atoms with Gasteiger partial charge >= 0.3 is 0 Å². The number of benzene rings is 2. The lowest BCUT2D eigenvalue weighted by Gasteiger charge is -2.30. The highest BCUT2D eigenvalue weighted by Gasteiger charge is 2.34. The Bertz CT molecular complexity index is 814. The third kappa shape index (κ3) is 3.38. The lowest BCUT2D eigenvalue weighted by Crippen LogP contribution is -2.45. The SMILES string of the molecule is O=C1C(=Nc2ccc(Br)cc2)c2ccccc2N1CN1CCOCC1. The van der Waals surface area contributed by atoms with E-state index in [4.69, 9.17) is 4.74 Å². The van der Waals surface area contributed by atoms with Crippen molar-refractivity contribution in [3.63, 3.8) is 0 Å². The molecule has 2 aliphatic rings. The minimum atomic E-state index is -0.0457. The Hall–Kier alpha value is -2.02. The van der Waals surface area contributed by atoms with Gasteiger partial charge in [-0.15, -0.1) is 0 Å². The van der Waals surface area contributed by atoms with E-state index >= 15 is 0 Å². The van der Waals surface area contributed by atoms with Gasteiger partial charge in [0, 0.05) is 23.1 Å². The monoisotopic (exact) mass is 399 g/mol. The van der Waals surface area contributed by atoms with Crippen molar-refractivity contribution >= 4 is 38.9 Å². The van der Waals surface area contributed by atoms with Crippen molar-refractivity contribution in [2.45, 2.75) is 0 Å². The molecule has 2 heterocycles. The Balaban J connectivity index is 1.67. The average Bonchev–Trinajstić information content (AvgIpc) is 2.90. The molecular weight excluding hydrogens is 382 g/mol. The van der Waals surface area contributed by atoms with Crippen LogP contribution in [0.15, 0.2) is 58.0 Å². The van der Waals surface area contributed by atoms with Crippen LogP contribution in [0, 0.1) is 0 Å². The predicted molar refractivity (Wildman–Crippen MR) is 102 cm³/mol. The van der Waals surface area contributed by atoms with Crippen molar-refractivity contribution < 1.29 is 9.53 Å². The van der Waals surface area contributed by atoms with Crippen LogP contribution < -0.4 is 4.90 Å². The van der Waals surface area contributed by atoms with E-state index in [2.05, 4.69) is 25.8 Å². The highest BCUT2D eigenvalue weighted by molar-refractivity contribution is 9.10. The molecule has 5 nitrogen and oxygen atoms in total. The fourth-order valence-electron chi connectivity index (χ4n) is 3.10. The van der Waals surface area contributed by atoms with Crippen molar-refractivity contribution in [1.82, 2.24) is 4.90 Å². The Morgan fingerprint density at radius 1 is 1.04 bits per heavy atom. The molecule has 6 heteroatoms. The molecule has 0 saturated carbocycles. The maximum Gasteiger partial charge on any atom is 0.278 e. The van der Waals surface area contributed by atoms with Crippen LogP contribution in [0.4, 0.5) is 11.4 Å². The molecule has 2 aromatic rings. The minimum absolute atomic E-state index is 0.0457. The number of carbonyl (C=O) groups excluding carboxylic acids is 1. The summed E-state index contributed by atoms with van der Waals surface area (Å²) in [6.07, 6.45) is 0. The number of halogens is 1. The normalized spacial score (nSPS) is 19.5. The molecular formula is C19H18BrN3O2. The van der Waals surface area contributed by atoms with E-state index in [-0.39, 0.29) is 5.91 Å². The van der Waals surface area contributed by atoms with Crippen LogP contribution in [0.1, 0.15) is 5.56 Å². The molecule has 1 saturated heterocycles. The zero-order valence-corrected chi connectivity index (χ0v) is 15.3.